The Labute approximate surface area is 189 Å². The molecule has 2 N–H and O–H groups in total. The van der Waals surface area contributed by atoms with Gasteiger partial charge in [0.1, 0.15) is 22.9 Å². The number of halogens is 2. The zero-order valence-corrected chi connectivity index (χ0v) is 18.6. The Morgan fingerprint density at radius 1 is 1.30 bits per heavy atom. The van der Waals surface area contributed by atoms with Gasteiger partial charge in [0.25, 0.3) is 5.91 Å². The number of hydrogen-bond acceptors (Lipinski definition) is 6. The Hall–Kier alpha value is -3.11. The Kier molecular flexibility index (Phi) is 7.28. The fourth-order valence-corrected chi connectivity index (χ4v) is 4.12. The molecule has 0 radical (unpaired) electrons. The molecule has 33 heavy (non-hydrogen) atoms. The number of nitrogens with one attached hydrogen (secondary N) is 1. The molecule has 0 bridgehead atoms. The Balaban J connectivity index is 1.91. The van der Waals surface area contributed by atoms with Crippen molar-refractivity contribution in [3.63, 3.8) is 0 Å². The average molecular weight is 464 g/mol. The van der Waals surface area contributed by atoms with Gasteiger partial charge in [-0.05, 0) is 25.8 Å². The summed E-state index contributed by atoms with van der Waals surface area (Å²) in [6.45, 7) is 1.97. The normalized spacial score (nSPS) is 19.9. The van der Waals surface area contributed by atoms with Crippen LogP contribution in [0, 0.1) is 17.0 Å². The Morgan fingerprint density at radius 2 is 2.03 bits per heavy atom. The fraction of sp³-hybridized carbons (Fsp3) is 0.435. The molecule has 0 aliphatic carbocycles. The first-order valence-electron chi connectivity index (χ1n) is 10.4. The van der Waals surface area contributed by atoms with Gasteiger partial charge < -0.3 is 24.5 Å². The van der Waals surface area contributed by atoms with Gasteiger partial charge in [-0.15, -0.1) is 0 Å². The van der Waals surface area contributed by atoms with Gasteiger partial charge in [-0.3, -0.25) is 14.4 Å². The first-order valence-corrected chi connectivity index (χ1v) is 10.4. The third-order valence-electron chi connectivity index (χ3n) is 6.09. The van der Waals surface area contributed by atoms with E-state index >= 15 is 0 Å². The molecular formula is C23H26F2N2O6. The molecule has 0 unspecified atom stereocenters. The van der Waals surface area contributed by atoms with Crippen molar-refractivity contribution in [2.75, 3.05) is 20.8 Å². The average Bonchev–Trinajstić information content (AvgIpc) is 2.77. The van der Waals surface area contributed by atoms with Gasteiger partial charge >= 0.3 is 0 Å². The zero-order chi connectivity index (χ0) is 24.3. The summed E-state index contributed by atoms with van der Waals surface area (Å²) in [5, 5.41) is 12.9. The number of hydrogen-bond donors (Lipinski definition) is 2. The maximum absolute atomic E-state index is 13.8. The standard InChI is InChI=1S/C23H26F2N2O6/c1-23(7-4-8-32-2)17(33-3)12-27-11-15(19(28)20(29)18(27)21(23)30)22(31)26-10-13-5-6-14(24)9-16(13)25/h5-6,9,11,17,29H,4,7-8,10,12H2,1-3H3,(H,26,31)/t17-,23-/m0/s1. The number of carbonyl (C=O) groups is 2. The number of aromatic hydroxyl groups is 1. The van der Waals surface area contributed by atoms with Gasteiger partial charge in [-0.1, -0.05) is 6.07 Å². The monoisotopic (exact) mass is 464 g/mol. The van der Waals surface area contributed by atoms with Crippen molar-refractivity contribution >= 4 is 11.7 Å². The molecule has 10 heteroatoms. The second-order valence-electron chi connectivity index (χ2n) is 8.21. The van der Waals surface area contributed by atoms with E-state index in [0.717, 1.165) is 6.07 Å². The highest BCUT2D eigenvalue weighted by molar-refractivity contribution is 6.03. The summed E-state index contributed by atoms with van der Waals surface area (Å²) in [5.74, 6) is -3.77. The van der Waals surface area contributed by atoms with Crippen molar-refractivity contribution in [2.24, 2.45) is 5.41 Å². The molecule has 2 heterocycles. The smallest absolute Gasteiger partial charge is 0.257 e. The van der Waals surface area contributed by atoms with Crippen molar-refractivity contribution in [1.82, 2.24) is 9.88 Å². The second kappa shape index (κ2) is 9.80. The minimum absolute atomic E-state index is 0.0217. The van der Waals surface area contributed by atoms with E-state index < -0.39 is 51.6 Å². The number of benzene rings is 1. The van der Waals surface area contributed by atoms with Crippen LogP contribution in [0.25, 0.3) is 0 Å². The fourth-order valence-electron chi connectivity index (χ4n) is 4.12. The Morgan fingerprint density at radius 3 is 2.67 bits per heavy atom. The molecule has 8 nitrogen and oxygen atoms in total. The van der Waals surface area contributed by atoms with Crippen LogP contribution in [0.3, 0.4) is 0 Å². The molecule has 1 aromatic carbocycles. The summed E-state index contributed by atoms with van der Waals surface area (Å²) >= 11 is 0. The molecule has 0 saturated carbocycles. The SMILES string of the molecule is COCCC[C@]1(C)C(=O)c2c(O)c(=O)c(C(=O)NCc3ccc(F)cc3F)cn2C[C@@H]1OC. The quantitative estimate of drug-likeness (QED) is 0.581. The number of aromatic nitrogens is 1. The minimum atomic E-state index is -1.01. The highest BCUT2D eigenvalue weighted by Gasteiger charge is 2.48. The molecule has 178 valence electrons. The lowest BCUT2D eigenvalue weighted by Crippen LogP contribution is -2.50. The van der Waals surface area contributed by atoms with Crippen LogP contribution < -0.4 is 10.7 Å². The van der Waals surface area contributed by atoms with E-state index in [1.807, 2.05) is 0 Å². The maximum Gasteiger partial charge on any atom is 0.257 e. The van der Waals surface area contributed by atoms with Crippen LogP contribution in [-0.4, -0.2) is 48.3 Å². The highest BCUT2D eigenvalue weighted by Crippen LogP contribution is 2.40. The summed E-state index contributed by atoms with van der Waals surface area (Å²) in [7, 11) is 3.02. The number of pyridine rings is 1. The lowest BCUT2D eigenvalue weighted by Gasteiger charge is -2.41. The molecule has 1 aliphatic rings. The van der Waals surface area contributed by atoms with Crippen molar-refractivity contribution in [2.45, 2.75) is 39.0 Å². The predicted molar refractivity (Wildman–Crippen MR) is 114 cm³/mol. The van der Waals surface area contributed by atoms with E-state index in [2.05, 4.69) is 5.32 Å². The highest BCUT2D eigenvalue weighted by atomic mass is 19.1. The van der Waals surface area contributed by atoms with Gasteiger partial charge in [0, 0.05) is 45.2 Å². The van der Waals surface area contributed by atoms with Crippen LogP contribution in [0.2, 0.25) is 0 Å². The van der Waals surface area contributed by atoms with Crippen LogP contribution in [0.4, 0.5) is 8.78 Å². The van der Waals surface area contributed by atoms with Crippen molar-refractivity contribution in [1.29, 1.82) is 0 Å². The molecule has 2 aromatic rings. The number of Topliss-reactive ketones (excluding diaryl/α,β-unsaturated/α-hetero) is 1. The number of nitrogens with zero attached hydrogens (tertiary/aromatic N) is 1. The van der Waals surface area contributed by atoms with E-state index in [9.17, 15) is 28.3 Å². The number of amides is 1. The number of methoxy groups -OCH3 is 2. The van der Waals surface area contributed by atoms with E-state index in [1.54, 1.807) is 14.0 Å². The summed E-state index contributed by atoms with van der Waals surface area (Å²) in [6.07, 6.45) is 1.61. The topological polar surface area (TPSA) is 107 Å². The molecule has 2 atom stereocenters. The maximum atomic E-state index is 13.8. The van der Waals surface area contributed by atoms with Crippen molar-refractivity contribution < 1.29 is 33.0 Å². The number of ketones is 1. The molecule has 0 saturated heterocycles. The van der Waals surface area contributed by atoms with Crippen molar-refractivity contribution in [3.8, 4) is 5.75 Å². The Bertz CT molecular complexity index is 1130. The summed E-state index contributed by atoms with van der Waals surface area (Å²) < 4.78 is 38.8. The van der Waals surface area contributed by atoms with Crippen LogP contribution >= 0.6 is 0 Å². The molecule has 1 amide bonds. The van der Waals surface area contributed by atoms with Crippen LogP contribution in [-0.2, 0) is 22.6 Å². The third-order valence-corrected chi connectivity index (χ3v) is 6.09. The van der Waals surface area contributed by atoms with Gasteiger partial charge in [0.15, 0.2) is 11.5 Å². The van der Waals surface area contributed by atoms with Crippen LogP contribution in [0.1, 0.15) is 46.2 Å². The molecular weight excluding hydrogens is 438 g/mol. The van der Waals surface area contributed by atoms with E-state index in [4.69, 9.17) is 9.47 Å². The summed E-state index contributed by atoms with van der Waals surface area (Å²) in [6, 6.07) is 2.90. The summed E-state index contributed by atoms with van der Waals surface area (Å²) in [5.41, 5.74) is -2.59. The predicted octanol–water partition coefficient (Wildman–Crippen LogP) is 2.41. The van der Waals surface area contributed by atoms with E-state index in [0.29, 0.717) is 25.5 Å². The molecule has 0 spiro atoms. The van der Waals surface area contributed by atoms with Crippen LogP contribution in [0.5, 0.6) is 5.75 Å². The largest absolute Gasteiger partial charge is 0.503 e. The number of fused-ring (bicyclic) bond motifs is 1. The first kappa shape index (κ1) is 24.5. The lowest BCUT2D eigenvalue weighted by atomic mass is 9.72. The van der Waals surface area contributed by atoms with Gasteiger partial charge in [0.2, 0.25) is 5.43 Å². The number of rotatable bonds is 8. The third kappa shape index (κ3) is 4.67. The number of carbonyl (C=O) groups excluding carboxylic acids is 2. The minimum Gasteiger partial charge on any atom is -0.503 e. The van der Waals surface area contributed by atoms with Gasteiger partial charge in [0.05, 0.1) is 18.1 Å². The summed E-state index contributed by atoms with van der Waals surface area (Å²) in [4.78, 5) is 38.7. The van der Waals surface area contributed by atoms with Gasteiger partial charge in [-0.25, -0.2) is 8.78 Å². The van der Waals surface area contributed by atoms with E-state index in [1.165, 1.54) is 23.9 Å². The zero-order valence-electron chi connectivity index (χ0n) is 18.6. The number of ether oxygens (including phenoxy) is 2. The van der Waals surface area contributed by atoms with Crippen molar-refractivity contribution in [3.05, 3.63) is 63.1 Å². The second-order valence-corrected chi connectivity index (χ2v) is 8.21. The molecule has 1 aromatic heterocycles. The molecule has 1 aliphatic heterocycles. The van der Waals surface area contributed by atoms with E-state index in [-0.39, 0.29) is 24.3 Å². The molecule has 0 fully saturated rings. The molecule has 3 rings (SSSR count). The lowest BCUT2D eigenvalue weighted by molar-refractivity contribution is -0.0209. The first-order chi connectivity index (χ1) is 15.6. The van der Waals surface area contributed by atoms with Crippen LogP contribution in [0.15, 0.2) is 29.2 Å². The van der Waals surface area contributed by atoms with Gasteiger partial charge in [-0.2, -0.15) is 0 Å².